The van der Waals surface area contributed by atoms with E-state index < -0.39 is 29.7 Å². The van der Waals surface area contributed by atoms with Crippen molar-refractivity contribution < 1.29 is 23.9 Å². The van der Waals surface area contributed by atoms with Crippen molar-refractivity contribution in [2.24, 2.45) is 0 Å². The van der Waals surface area contributed by atoms with E-state index in [1.54, 1.807) is 24.3 Å². The Morgan fingerprint density at radius 2 is 1.61 bits per heavy atom. The second-order valence-electron chi connectivity index (χ2n) is 5.37. The molecule has 0 spiro atoms. The average molecular weight is 316 g/mol. The van der Waals surface area contributed by atoms with Gasteiger partial charge in [0.05, 0.1) is 18.7 Å². The Bertz CT molecular complexity index is 666. The maximum absolute atomic E-state index is 12.5. The van der Waals surface area contributed by atoms with Gasteiger partial charge in [-0.3, -0.25) is 24.1 Å². The van der Waals surface area contributed by atoms with Crippen LogP contribution in [0.3, 0.4) is 0 Å². The fourth-order valence-electron chi connectivity index (χ4n) is 2.89. The molecule has 3 rings (SSSR count). The van der Waals surface area contributed by atoms with Crippen LogP contribution in [0.25, 0.3) is 0 Å². The molecule has 0 bridgehead atoms. The normalized spacial score (nSPS) is 21.5. The molecule has 0 radical (unpaired) electrons. The summed E-state index contributed by atoms with van der Waals surface area (Å²) in [6.45, 7) is 2.37. The number of imide groups is 2. The average Bonchev–Trinajstić information content (AvgIpc) is 3.00. The van der Waals surface area contributed by atoms with Gasteiger partial charge in [-0.05, 0) is 31.2 Å². The van der Waals surface area contributed by atoms with Gasteiger partial charge in [0.25, 0.3) is 5.91 Å². The predicted octanol–water partition coefficient (Wildman–Crippen LogP) is 0.866. The summed E-state index contributed by atoms with van der Waals surface area (Å²) in [5, 5.41) is 0. The summed E-state index contributed by atoms with van der Waals surface area (Å²) in [7, 11) is 0. The molecular formula is C16H16N2O5. The lowest BCUT2D eigenvalue weighted by Gasteiger charge is -2.20. The topological polar surface area (TPSA) is 84.0 Å². The summed E-state index contributed by atoms with van der Waals surface area (Å²) in [5.41, 5.74) is 0.407. The number of carbonyl (C=O) groups is 4. The van der Waals surface area contributed by atoms with Gasteiger partial charge in [0.15, 0.2) is 0 Å². The number of benzene rings is 1. The smallest absolute Gasteiger partial charge is 0.257 e. The largest absolute Gasteiger partial charge is 0.494 e. The van der Waals surface area contributed by atoms with Crippen LogP contribution < -0.4 is 9.64 Å². The number of likely N-dealkylation sites (tertiary alicyclic amines) is 1. The van der Waals surface area contributed by atoms with Crippen LogP contribution >= 0.6 is 0 Å². The van der Waals surface area contributed by atoms with E-state index in [0.717, 1.165) is 9.80 Å². The number of ether oxygens (including phenoxy) is 1. The van der Waals surface area contributed by atoms with Crippen molar-refractivity contribution in [3.63, 3.8) is 0 Å². The Hall–Kier alpha value is -2.70. The highest BCUT2D eigenvalue weighted by molar-refractivity contribution is 6.24. The van der Waals surface area contributed by atoms with E-state index in [9.17, 15) is 19.2 Å². The van der Waals surface area contributed by atoms with Crippen molar-refractivity contribution in [3.8, 4) is 5.75 Å². The molecule has 2 aliphatic rings. The second kappa shape index (κ2) is 5.83. The highest BCUT2D eigenvalue weighted by atomic mass is 16.5. The van der Waals surface area contributed by atoms with Crippen LogP contribution in [0.1, 0.15) is 26.2 Å². The Kier molecular flexibility index (Phi) is 3.85. The number of anilines is 1. The predicted molar refractivity (Wildman–Crippen MR) is 79.6 cm³/mol. The molecule has 7 heteroatoms. The fourth-order valence-corrected chi connectivity index (χ4v) is 2.89. The van der Waals surface area contributed by atoms with E-state index in [2.05, 4.69) is 0 Å². The first kappa shape index (κ1) is 15.2. The fraction of sp³-hybridized carbons (Fsp3) is 0.375. The Morgan fingerprint density at radius 3 is 2.17 bits per heavy atom. The first-order valence-corrected chi connectivity index (χ1v) is 7.47. The molecule has 0 aromatic heterocycles. The summed E-state index contributed by atoms with van der Waals surface area (Å²) in [6.07, 6.45) is 0.0310. The minimum atomic E-state index is -1.02. The first-order chi connectivity index (χ1) is 11.0. The van der Waals surface area contributed by atoms with Crippen LogP contribution in [0.4, 0.5) is 5.69 Å². The van der Waals surface area contributed by atoms with E-state index in [1.165, 1.54) is 0 Å². The maximum atomic E-state index is 12.5. The van der Waals surface area contributed by atoms with Crippen molar-refractivity contribution in [1.82, 2.24) is 4.90 Å². The van der Waals surface area contributed by atoms with Gasteiger partial charge in [0.1, 0.15) is 11.8 Å². The number of nitrogens with zero attached hydrogens (tertiary/aromatic N) is 2. The maximum Gasteiger partial charge on any atom is 0.257 e. The summed E-state index contributed by atoms with van der Waals surface area (Å²) in [4.78, 5) is 50.3. The minimum absolute atomic E-state index is 0.0971. The summed E-state index contributed by atoms with van der Waals surface area (Å²) >= 11 is 0. The van der Waals surface area contributed by atoms with Crippen LogP contribution in [0.15, 0.2) is 24.3 Å². The molecule has 120 valence electrons. The van der Waals surface area contributed by atoms with Gasteiger partial charge < -0.3 is 4.74 Å². The van der Waals surface area contributed by atoms with Gasteiger partial charge in [-0.2, -0.15) is 0 Å². The van der Waals surface area contributed by atoms with E-state index in [0.29, 0.717) is 18.0 Å². The summed E-state index contributed by atoms with van der Waals surface area (Å²) in [5.74, 6) is -1.11. The van der Waals surface area contributed by atoms with Crippen LogP contribution in [0.2, 0.25) is 0 Å². The van der Waals surface area contributed by atoms with Crippen molar-refractivity contribution in [2.45, 2.75) is 32.2 Å². The lowest BCUT2D eigenvalue weighted by Crippen LogP contribution is -2.44. The Balaban J connectivity index is 1.84. The summed E-state index contributed by atoms with van der Waals surface area (Å²) in [6, 6.07) is 5.53. The molecule has 1 aromatic carbocycles. The Labute approximate surface area is 132 Å². The number of amides is 4. The highest BCUT2D eigenvalue weighted by Crippen LogP contribution is 2.29. The minimum Gasteiger partial charge on any atom is -0.494 e. The molecule has 2 heterocycles. The van der Waals surface area contributed by atoms with Crippen molar-refractivity contribution >= 4 is 29.3 Å². The third-order valence-electron chi connectivity index (χ3n) is 3.93. The molecular weight excluding hydrogens is 300 g/mol. The van der Waals surface area contributed by atoms with Crippen LogP contribution in [-0.4, -0.2) is 41.2 Å². The van der Waals surface area contributed by atoms with Gasteiger partial charge in [-0.15, -0.1) is 0 Å². The van der Waals surface area contributed by atoms with E-state index >= 15 is 0 Å². The molecule has 0 saturated carbocycles. The van der Waals surface area contributed by atoms with Gasteiger partial charge in [-0.1, -0.05) is 0 Å². The molecule has 23 heavy (non-hydrogen) atoms. The molecule has 1 unspecified atom stereocenters. The van der Waals surface area contributed by atoms with E-state index in [1.807, 2.05) is 6.92 Å². The zero-order chi connectivity index (χ0) is 16.6. The second-order valence-corrected chi connectivity index (χ2v) is 5.37. The quantitative estimate of drug-likeness (QED) is 0.770. The van der Waals surface area contributed by atoms with Crippen LogP contribution in [-0.2, 0) is 19.2 Å². The molecule has 7 nitrogen and oxygen atoms in total. The van der Waals surface area contributed by atoms with Crippen molar-refractivity contribution in [2.75, 3.05) is 11.5 Å². The zero-order valence-electron chi connectivity index (χ0n) is 12.7. The van der Waals surface area contributed by atoms with Gasteiger partial charge in [-0.25, -0.2) is 4.90 Å². The monoisotopic (exact) mass is 316 g/mol. The Morgan fingerprint density at radius 1 is 1.00 bits per heavy atom. The summed E-state index contributed by atoms with van der Waals surface area (Å²) < 4.78 is 5.32. The molecule has 2 aliphatic heterocycles. The van der Waals surface area contributed by atoms with Gasteiger partial charge in [0.2, 0.25) is 17.7 Å². The molecule has 1 atom stereocenters. The molecule has 4 amide bonds. The SMILES string of the molecule is CCOc1ccc(N2C(=O)CC(N3C(=O)CCC3=O)C2=O)cc1. The number of hydrogen-bond donors (Lipinski definition) is 0. The molecule has 1 aromatic rings. The van der Waals surface area contributed by atoms with Crippen LogP contribution in [0.5, 0.6) is 5.75 Å². The van der Waals surface area contributed by atoms with E-state index in [-0.39, 0.29) is 19.3 Å². The first-order valence-electron chi connectivity index (χ1n) is 7.47. The lowest BCUT2D eigenvalue weighted by molar-refractivity contribution is -0.144. The van der Waals surface area contributed by atoms with Crippen molar-refractivity contribution in [1.29, 1.82) is 0 Å². The number of hydrogen-bond acceptors (Lipinski definition) is 5. The highest BCUT2D eigenvalue weighted by Gasteiger charge is 2.48. The lowest BCUT2D eigenvalue weighted by atomic mass is 10.2. The van der Waals surface area contributed by atoms with Crippen LogP contribution in [0, 0.1) is 0 Å². The van der Waals surface area contributed by atoms with Crippen molar-refractivity contribution in [3.05, 3.63) is 24.3 Å². The van der Waals surface area contributed by atoms with Gasteiger partial charge >= 0.3 is 0 Å². The third-order valence-corrected chi connectivity index (χ3v) is 3.93. The van der Waals surface area contributed by atoms with Gasteiger partial charge in [0, 0.05) is 12.8 Å². The molecule has 2 saturated heterocycles. The zero-order valence-corrected chi connectivity index (χ0v) is 12.7. The molecule has 0 aliphatic carbocycles. The molecule has 0 N–H and O–H groups in total. The number of rotatable bonds is 4. The van der Waals surface area contributed by atoms with E-state index in [4.69, 9.17) is 4.74 Å². The molecule has 2 fully saturated rings. The standard InChI is InChI=1S/C16H16N2O5/c1-2-23-11-5-3-10(4-6-11)17-15(21)9-12(16(17)22)18-13(19)7-8-14(18)20/h3-6,12H,2,7-9H2,1H3. The number of carbonyl (C=O) groups excluding carboxylic acids is 4. The third kappa shape index (κ3) is 2.58.